The van der Waals surface area contributed by atoms with Crippen LogP contribution in [0.1, 0.15) is 11.1 Å². The van der Waals surface area contributed by atoms with Gasteiger partial charge in [-0.15, -0.1) is 0 Å². The number of ether oxygens (including phenoxy) is 3. The summed E-state index contributed by atoms with van der Waals surface area (Å²) in [6.45, 7) is 4.03. The standard InChI is InChI=1S/C18H18N2O3/c1-11-6-5-7-12(2)18(11)23-17-10-19-20-14-9-16(22-4)15(21-3)8-13(14)17/h5-10H,1-4H3. The molecule has 5 nitrogen and oxygen atoms in total. The molecule has 0 saturated carbocycles. The first kappa shape index (κ1) is 15.1. The van der Waals surface area contributed by atoms with Crippen molar-refractivity contribution in [1.82, 2.24) is 10.2 Å². The molecular weight excluding hydrogens is 292 g/mol. The predicted molar refractivity (Wildman–Crippen MR) is 88.6 cm³/mol. The minimum absolute atomic E-state index is 0.610. The summed E-state index contributed by atoms with van der Waals surface area (Å²) in [5.74, 6) is 2.70. The Labute approximate surface area is 134 Å². The molecule has 0 amide bonds. The van der Waals surface area contributed by atoms with Crippen LogP contribution in [0.5, 0.6) is 23.0 Å². The maximum absolute atomic E-state index is 6.13. The minimum atomic E-state index is 0.610. The first-order valence-electron chi connectivity index (χ1n) is 7.25. The van der Waals surface area contributed by atoms with E-state index in [4.69, 9.17) is 14.2 Å². The molecule has 3 aromatic rings. The lowest BCUT2D eigenvalue weighted by Gasteiger charge is -2.14. The van der Waals surface area contributed by atoms with Gasteiger partial charge in [0.2, 0.25) is 0 Å². The van der Waals surface area contributed by atoms with Crippen LogP contribution in [0.3, 0.4) is 0 Å². The highest BCUT2D eigenvalue weighted by molar-refractivity contribution is 5.87. The summed E-state index contributed by atoms with van der Waals surface area (Å²) in [4.78, 5) is 0. The smallest absolute Gasteiger partial charge is 0.162 e. The summed E-state index contributed by atoms with van der Waals surface area (Å²) >= 11 is 0. The van der Waals surface area contributed by atoms with Gasteiger partial charge in [-0.3, -0.25) is 0 Å². The molecule has 1 heterocycles. The van der Waals surface area contributed by atoms with Gasteiger partial charge in [-0.1, -0.05) is 18.2 Å². The molecule has 0 N–H and O–H groups in total. The second-order valence-corrected chi connectivity index (χ2v) is 5.26. The Kier molecular flexibility index (Phi) is 4.02. The third-order valence-electron chi connectivity index (χ3n) is 3.73. The first-order chi connectivity index (χ1) is 11.1. The summed E-state index contributed by atoms with van der Waals surface area (Å²) in [6, 6.07) is 9.68. The molecule has 0 unspecified atom stereocenters. The lowest BCUT2D eigenvalue weighted by molar-refractivity contribution is 0.355. The topological polar surface area (TPSA) is 53.5 Å². The van der Waals surface area contributed by atoms with E-state index in [9.17, 15) is 0 Å². The summed E-state index contributed by atoms with van der Waals surface area (Å²) in [6.07, 6.45) is 1.61. The van der Waals surface area contributed by atoms with Crippen molar-refractivity contribution in [2.45, 2.75) is 13.8 Å². The molecule has 3 rings (SSSR count). The lowest BCUT2D eigenvalue weighted by atomic mass is 10.1. The number of hydrogen-bond acceptors (Lipinski definition) is 5. The molecule has 23 heavy (non-hydrogen) atoms. The van der Waals surface area contributed by atoms with Crippen LogP contribution >= 0.6 is 0 Å². The average molecular weight is 310 g/mol. The third kappa shape index (κ3) is 2.77. The van der Waals surface area contributed by atoms with Crippen LogP contribution in [-0.4, -0.2) is 24.4 Å². The van der Waals surface area contributed by atoms with Gasteiger partial charge >= 0.3 is 0 Å². The molecular formula is C18H18N2O3. The fourth-order valence-corrected chi connectivity index (χ4v) is 2.51. The maximum Gasteiger partial charge on any atom is 0.162 e. The van der Waals surface area contributed by atoms with Gasteiger partial charge in [0.25, 0.3) is 0 Å². The molecule has 0 aliphatic carbocycles. The SMILES string of the molecule is COc1cc2nncc(Oc3c(C)cccc3C)c2cc1OC. The highest BCUT2D eigenvalue weighted by Crippen LogP contribution is 2.37. The zero-order valence-electron chi connectivity index (χ0n) is 13.6. The lowest BCUT2D eigenvalue weighted by Crippen LogP contribution is -1.96. The fourth-order valence-electron chi connectivity index (χ4n) is 2.51. The van der Waals surface area contributed by atoms with Gasteiger partial charge in [-0.05, 0) is 31.0 Å². The highest BCUT2D eigenvalue weighted by Gasteiger charge is 2.13. The quantitative estimate of drug-likeness (QED) is 0.727. The molecule has 0 aliphatic rings. The summed E-state index contributed by atoms with van der Waals surface area (Å²) < 4.78 is 16.8. The Bertz CT molecular complexity index is 842. The van der Waals surface area contributed by atoms with Crippen molar-refractivity contribution >= 4 is 10.9 Å². The van der Waals surface area contributed by atoms with E-state index in [0.29, 0.717) is 22.8 Å². The van der Waals surface area contributed by atoms with Crippen molar-refractivity contribution in [3.8, 4) is 23.0 Å². The Morgan fingerprint density at radius 3 is 2.17 bits per heavy atom. The summed E-state index contributed by atoms with van der Waals surface area (Å²) in [7, 11) is 3.19. The zero-order valence-corrected chi connectivity index (χ0v) is 13.6. The van der Waals surface area contributed by atoms with Crippen molar-refractivity contribution in [2.75, 3.05) is 14.2 Å². The second-order valence-electron chi connectivity index (χ2n) is 5.26. The second kappa shape index (κ2) is 6.12. The van der Waals surface area contributed by atoms with Gasteiger partial charge in [-0.2, -0.15) is 10.2 Å². The van der Waals surface area contributed by atoms with Crippen LogP contribution in [0.15, 0.2) is 36.5 Å². The molecule has 0 bridgehead atoms. The van der Waals surface area contributed by atoms with Crippen LogP contribution in [0, 0.1) is 13.8 Å². The van der Waals surface area contributed by atoms with E-state index in [2.05, 4.69) is 10.2 Å². The largest absolute Gasteiger partial charge is 0.493 e. The number of fused-ring (bicyclic) bond motifs is 1. The molecule has 0 saturated heterocycles. The molecule has 5 heteroatoms. The molecule has 2 aromatic carbocycles. The van der Waals surface area contributed by atoms with E-state index in [1.165, 1.54) is 0 Å². The van der Waals surface area contributed by atoms with E-state index in [-0.39, 0.29) is 0 Å². The van der Waals surface area contributed by atoms with Crippen molar-refractivity contribution in [1.29, 1.82) is 0 Å². The molecule has 0 atom stereocenters. The van der Waals surface area contributed by atoms with Gasteiger partial charge in [0.05, 0.1) is 25.8 Å². The number of aryl methyl sites for hydroxylation is 2. The van der Waals surface area contributed by atoms with Crippen molar-refractivity contribution in [3.63, 3.8) is 0 Å². The monoisotopic (exact) mass is 310 g/mol. The molecule has 0 radical (unpaired) electrons. The maximum atomic E-state index is 6.13. The number of nitrogens with zero attached hydrogens (tertiary/aromatic N) is 2. The Morgan fingerprint density at radius 1 is 0.870 bits per heavy atom. The van der Waals surface area contributed by atoms with Crippen LogP contribution < -0.4 is 14.2 Å². The van der Waals surface area contributed by atoms with Crippen LogP contribution in [0.25, 0.3) is 10.9 Å². The van der Waals surface area contributed by atoms with E-state index < -0.39 is 0 Å². The van der Waals surface area contributed by atoms with E-state index >= 15 is 0 Å². The van der Waals surface area contributed by atoms with Crippen molar-refractivity contribution < 1.29 is 14.2 Å². The Morgan fingerprint density at radius 2 is 1.52 bits per heavy atom. The van der Waals surface area contributed by atoms with Crippen LogP contribution in [0.4, 0.5) is 0 Å². The van der Waals surface area contributed by atoms with Crippen molar-refractivity contribution in [3.05, 3.63) is 47.7 Å². The van der Waals surface area contributed by atoms with Gasteiger partial charge < -0.3 is 14.2 Å². The molecule has 0 fully saturated rings. The van der Waals surface area contributed by atoms with Crippen LogP contribution in [-0.2, 0) is 0 Å². The highest BCUT2D eigenvalue weighted by atomic mass is 16.5. The Balaban J connectivity index is 2.14. The van der Waals surface area contributed by atoms with Gasteiger partial charge in [0.1, 0.15) is 11.3 Å². The normalized spacial score (nSPS) is 10.6. The minimum Gasteiger partial charge on any atom is -0.493 e. The molecule has 0 aliphatic heterocycles. The van der Waals surface area contributed by atoms with Crippen molar-refractivity contribution in [2.24, 2.45) is 0 Å². The number of benzene rings is 2. The molecule has 118 valence electrons. The van der Waals surface area contributed by atoms with Gasteiger partial charge in [0.15, 0.2) is 17.2 Å². The number of aromatic nitrogens is 2. The fraction of sp³-hybridized carbons (Fsp3) is 0.222. The third-order valence-corrected chi connectivity index (χ3v) is 3.73. The number of para-hydroxylation sites is 1. The number of rotatable bonds is 4. The van der Waals surface area contributed by atoms with Gasteiger partial charge in [0, 0.05) is 6.07 Å². The first-order valence-corrected chi connectivity index (χ1v) is 7.25. The molecule has 0 spiro atoms. The zero-order chi connectivity index (χ0) is 16.4. The predicted octanol–water partition coefficient (Wildman–Crippen LogP) is 4.06. The van der Waals surface area contributed by atoms with E-state index in [1.54, 1.807) is 26.5 Å². The number of methoxy groups -OCH3 is 2. The number of hydrogen-bond donors (Lipinski definition) is 0. The Hall–Kier alpha value is -2.82. The average Bonchev–Trinajstić information content (AvgIpc) is 2.57. The summed E-state index contributed by atoms with van der Waals surface area (Å²) in [5, 5.41) is 8.99. The molecule has 1 aromatic heterocycles. The van der Waals surface area contributed by atoms with E-state index in [1.807, 2.05) is 38.1 Å². The van der Waals surface area contributed by atoms with E-state index in [0.717, 1.165) is 22.3 Å². The van der Waals surface area contributed by atoms with Gasteiger partial charge in [-0.25, -0.2) is 0 Å². The van der Waals surface area contributed by atoms with Crippen LogP contribution in [0.2, 0.25) is 0 Å². The summed E-state index contributed by atoms with van der Waals surface area (Å²) in [5.41, 5.74) is 2.82.